The largest absolute Gasteiger partial charge is 0.478 e. The number of hydrogen-bond acceptors (Lipinski definition) is 5. The Morgan fingerprint density at radius 2 is 2.07 bits per heavy atom. The molecule has 7 nitrogen and oxygen atoms in total. The van der Waals surface area contributed by atoms with E-state index in [9.17, 15) is 14.7 Å². The minimum absolute atomic E-state index is 0.102. The SMILES string of the molecule is CCC(=O)Nc1cnc(N2CCN(c3cccc(C)c3)[C@@H](C)C2)c(C(=O)O)c1. The molecule has 1 atom stereocenters. The lowest BCUT2D eigenvalue weighted by Crippen LogP contribution is -2.52. The topological polar surface area (TPSA) is 85.8 Å². The highest BCUT2D eigenvalue weighted by Gasteiger charge is 2.27. The zero-order valence-electron chi connectivity index (χ0n) is 16.5. The Morgan fingerprint density at radius 1 is 1.29 bits per heavy atom. The summed E-state index contributed by atoms with van der Waals surface area (Å²) in [5, 5.41) is 12.3. The van der Waals surface area contributed by atoms with Gasteiger partial charge in [-0.15, -0.1) is 0 Å². The zero-order chi connectivity index (χ0) is 20.3. The Bertz CT molecular complexity index is 884. The molecule has 2 N–H and O–H groups in total. The highest BCUT2D eigenvalue weighted by Crippen LogP contribution is 2.27. The molecule has 1 aromatic carbocycles. The van der Waals surface area contributed by atoms with Gasteiger partial charge in [0.1, 0.15) is 11.4 Å². The predicted molar refractivity (Wildman–Crippen MR) is 110 cm³/mol. The van der Waals surface area contributed by atoms with Crippen molar-refractivity contribution >= 4 is 29.1 Å². The van der Waals surface area contributed by atoms with Gasteiger partial charge in [0.15, 0.2) is 0 Å². The van der Waals surface area contributed by atoms with Gasteiger partial charge in [0.25, 0.3) is 0 Å². The first-order valence-corrected chi connectivity index (χ1v) is 9.50. The molecule has 2 aromatic rings. The quantitative estimate of drug-likeness (QED) is 0.826. The number of carboxylic acid groups (broad SMARTS) is 1. The number of nitrogens with zero attached hydrogens (tertiary/aromatic N) is 3. The van der Waals surface area contributed by atoms with Gasteiger partial charge in [-0.25, -0.2) is 9.78 Å². The van der Waals surface area contributed by atoms with Crippen molar-refractivity contribution in [1.82, 2.24) is 4.98 Å². The van der Waals surface area contributed by atoms with Crippen LogP contribution < -0.4 is 15.1 Å². The highest BCUT2D eigenvalue weighted by molar-refractivity contribution is 5.97. The average Bonchev–Trinajstić information content (AvgIpc) is 2.67. The normalized spacial score (nSPS) is 16.8. The molecular formula is C21H26N4O3. The van der Waals surface area contributed by atoms with Crippen molar-refractivity contribution in [2.45, 2.75) is 33.2 Å². The van der Waals surface area contributed by atoms with Crippen molar-refractivity contribution in [3.05, 3.63) is 47.7 Å². The van der Waals surface area contributed by atoms with E-state index in [0.717, 1.165) is 6.54 Å². The summed E-state index contributed by atoms with van der Waals surface area (Å²) in [6.07, 6.45) is 1.84. The monoisotopic (exact) mass is 382 g/mol. The molecule has 0 spiro atoms. The summed E-state index contributed by atoms with van der Waals surface area (Å²) in [7, 11) is 0. The van der Waals surface area contributed by atoms with E-state index in [4.69, 9.17) is 0 Å². The van der Waals surface area contributed by atoms with Crippen LogP contribution in [-0.2, 0) is 4.79 Å². The first-order valence-electron chi connectivity index (χ1n) is 9.50. The minimum Gasteiger partial charge on any atom is -0.478 e. The van der Waals surface area contributed by atoms with Crippen LogP contribution in [0.25, 0.3) is 0 Å². The number of aromatic carboxylic acids is 1. The smallest absolute Gasteiger partial charge is 0.339 e. The fraction of sp³-hybridized carbons (Fsp3) is 0.381. The van der Waals surface area contributed by atoms with E-state index in [1.54, 1.807) is 6.92 Å². The number of rotatable bonds is 5. The van der Waals surface area contributed by atoms with Crippen molar-refractivity contribution in [2.24, 2.45) is 0 Å². The van der Waals surface area contributed by atoms with Gasteiger partial charge in [0.2, 0.25) is 5.91 Å². The van der Waals surface area contributed by atoms with E-state index in [1.165, 1.54) is 23.5 Å². The first-order chi connectivity index (χ1) is 13.4. The molecule has 0 radical (unpaired) electrons. The fourth-order valence-corrected chi connectivity index (χ4v) is 3.52. The van der Waals surface area contributed by atoms with Crippen molar-refractivity contribution in [3.63, 3.8) is 0 Å². The minimum atomic E-state index is -1.05. The van der Waals surface area contributed by atoms with E-state index in [1.807, 2.05) is 4.90 Å². The molecule has 7 heteroatoms. The number of carboxylic acids is 1. The second-order valence-corrected chi connectivity index (χ2v) is 7.13. The molecule has 0 aliphatic carbocycles. The molecule has 0 unspecified atom stereocenters. The van der Waals surface area contributed by atoms with Crippen molar-refractivity contribution in [3.8, 4) is 0 Å². The summed E-state index contributed by atoms with van der Waals surface area (Å²) < 4.78 is 0. The number of nitrogens with one attached hydrogen (secondary N) is 1. The van der Waals surface area contributed by atoms with Gasteiger partial charge >= 0.3 is 5.97 Å². The van der Waals surface area contributed by atoms with Gasteiger partial charge in [-0.3, -0.25) is 4.79 Å². The number of piperazine rings is 1. The standard InChI is InChI=1S/C21H26N4O3/c1-4-19(26)23-16-11-18(21(27)28)20(22-12-16)24-8-9-25(15(3)13-24)17-7-5-6-14(2)10-17/h5-7,10-12,15H,4,8-9,13H2,1-3H3,(H,23,26)(H,27,28)/t15-/m0/s1. The maximum absolute atomic E-state index is 11.8. The van der Waals surface area contributed by atoms with Crippen molar-refractivity contribution in [1.29, 1.82) is 0 Å². The van der Waals surface area contributed by atoms with Crippen LogP contribution >= 0.6 is 0 Å². The van der Waals surface area contributed by atoms with Gasteiger partial charge in [-0.2, -0.15) is 0 Å². The molecule has 28 heavy (non-hydrogen) atoms. The highest BCUT2D eigenvalue weighted by atomic mass is 16.4. The second kappa shape index (κ2) is 8.29. The third kappa shape index (κ3) is 4.24. The molecular weight excluding hydrogens is 356 g/mol. The molecule has 1 fully saturated rings. The number of hydrogen-bond donors (Lipinski definition) is 2. The summed E-state index contributed by atoms with van der Waals surface area (Å²) >= 11 is 0. The van der Waals surface area contributed by atoms with Gasteiger partial charge in [0, 0.05) is 37.8 Å². The predicted octanol–water partition coefficient (Wildman–Crippen LogP) is 3.15. The maximum atomic E-state index is 11.8. The van der Waals surface area contributed by atoms with E-state index in [0.29, 0.717) is 31.0 Å². The molecule has 1 aliphatic rings. The molecule has 3 rings (SSSR count). The summed E-state index contributed by atoms with van der Waals surface area (Å²) in [6.45, 7) is 8.06. The van der Waals surface area contributed by atoms with Gasteiger partial charge in [-0.1, -0.05) is 19.1 Å². The lowest BCUT2D eigenvalue weighted by atomic mass is 10.1. The first kappa shape index (κ1) is 19.7. The lowest BCUT2D eigenvalue weighted by molar-refractivity contribution is -0.115. The van der Waals surface area contributed by atoms with Crippen LogP contribution in [0.4, 0.5) is 17.2 Å². The average molecular weight is 382 g/mol. The lowest BCUT2D eigenvalue weighted by Gasteiger charge is -2.42. The van der Waals surface area contributed by atoms with Crippen molar-refractivity contribution < 1.29 is 14.7 Å². The number of carbonyl (C=O) groups excluding carboxylic acids is 1. The van der Waals surface area contributed by atoms with Crippen LogP contribution in [0.5, 0.6) is 0 Å². The van der Waals surface area contributed by atoms with E-state index in [2.05, 4.69) is 53.3 Å². The summed E-state index contributed by atoms with van der Waals surface area (Å²) in [5.74, 6) is -0.784. The van der Waals surface area contributed by atoms with Crippen LogP contribution in [-0.4, -0.2) is 47.6 Å². The number of amides is 1. The van der Waals surface area contributed by atoms with Crippen LogP contribution in [0.15, 0.2) is 36.5 Å². The summed E-state index contributed by atoms with van der Waals surface area (Å²) in [5.41, 5.74) is 2.90. The number of aromatic nitrogens is 1. The van der Waals surface area contributed by atoms with E-state index < -0.39 is 5.97 Å². The van der Waals surface area contributed by atoms with E-state index >= 15 is 0 Å². The molecule has 1 aliphatic heterocycles. The molecule has 0 saturated carbocycles. The third-order valence-corrected chi connectivity index (χ3v) is 4.96. The van der Waals surface area contributed by atoms with Gasteiger partial charge < -0.3 is 20.2 Å². The summed E-state index contributed by atoms with van der Waals surface area (Å²) in [4.78, 5) is 32.1. The Kier molecular flexibility index (Phi) is 5.82. The van der Waals surface area contributed by atoms with Gasteiger partial charge in [-0.05, 0) is 37.6 Å². The molecule has 1 aromatic heterocycles. The third-order valence-electron chi connectivity index (χ3n) is 4.96. The van der Waals surface area contributed by atoms with Crippen LogP contribution in [0.3, 0.4) is 0 Å². The molecule has 1 amide bonds. The Morgan fingerprint density at radius 3 is 2.71 bits per heavy atom. The number of carbonyl (C=O) groups is 2. The van der Waals surface area contributed by atoms with Crippen LogP contribution in [0, 0.1) is 6.92 Å². The fourth-order valence-electron chi connectivity index (χ4n) is 3.52. The van der Waals surface area contributed by atoms with Crippen LogP contribution in [0.2, 0.25) is 0 Å². The Hall–Kier alpha value is -3.09. The van der Waals surface area contributed by atoms with Crippen molar-refractivity contribution in [2.75, 3.05) is 34.8 Å². The molecule has 148 valence electrons. The van der Waals surface area contributed by atoms with Crippen LogP contribution in [0.1, 0.15) is 36.2 Å². The molecule has 1 saturated heterocycles. The Labute approximate surface area is 165 Å². The second-order valence-electron chi connectivity index (χ2n) is 7.13. The number of pyridine rings is 1. The maximum Gasteiger partial charge on any atom is 0.339 e. The Balaban J connectivity index is 1.80. The zero-order valence-corrected chi connectivity index (χ0v) is 16.5. The molecule has 2 heterocycles. The number of aryl methyl sites for hydroxylation is 1. The number of benzene rings is 1. The van der Waals surface area contributed by atoms with Gasteiger partial charge in [0.05, 0.1) is 11.9 Å². The summed E-state index contributed by atoms with van der Waals surface area (Å²) in [6, 6.07) is 10.1. The number of anilines is 3. The van der Waals surface area contributed by atoms with E-state index in [-0.39, 0.29) is 17.5 Å². The molecule has 0 bridgehead atoms.